The summed E-state index contributed by atoms with van der Waals surface area (Å²) in [5.74, 6) is 2.63. The Labute approximate surface area is 425 Å². The van der Waals surface area contributed by atoms with Crippen molar-refractivity contribution in [1.29, 1.82) is 0 Å². The fraction of sp³-hybridized carbons (Fsp3) is 0.586. The van der Waals surface area contributed by atoms with Gasteiger partial charge < -0.3 is 19.3 Å². The number of unbranched alkanes of at least 4 members (excludes halogenated alkanes) is 12. The van der Waals surface area contributed by atoms with Gasteiger partial charge in [-0.15, -0.1) is 45.3 Å². The highest BCUT2D eigenvalue weighted by atomic mass is 32.1. The number of fused-ring (bicyclic) bond motifs is 3. The summed E-state index contributed by atoms with van der Waals surface area (Å²) in [6.45, 7) is 20.4. The van der Waals surface area contributed by atoms with Gasteiger partial charge in [0.2, 0.25) is 0 Å². The van der Waals surface area contributed by atoms with Crippen LogP contribution >= 0.6 is 45.3 Å². The van der Waals surface area contributed by atoms with Gasteiger partial charge >= 0.3 is 0 Å². The number of benzene rings is 1. The van der Waals surface area contributed by atoms with Crippen LogP contribution in [0.4, 0.5) is 0 Å². The number of ether oxygens (including phenoxy) is 2. The fourth-order valence-corrected chi connectivity index (χ4v) is 14.4. The second-order valence-corrected chi connectivity index (χ2v) is 24.2. The van der Waals surface area contributed by atoms with Crippen LogP contribution < -0.4 is 9.47 Å². The van der Waals surface area contributed by atoms with Crippen molar-refractivity contribution in [2.45, 2.75) is 184 Å². The number of rotatable bonds is 31. The van der Waals surface area contributed by atoms with Crippen molar-refractivity contribution in [2.75, 3.05) is 26.3 Å². The summed E-state index contributed by atoms with van der Waals surface area (Å²) in [6.07, 6.45) is 23.2. The lowest BCUT2D eigenvalue weighted by atomic mass is 9.98. The molecular formula is C58H80N2O4S4. The van der Waals surface area contributed by atoms with Gasteiger partial charge in [0, 0.05) is 43.4 Å². The molecule has 0 aliphatic carbocycles. The van der Waals surface area contributed by atoms with E-state index < -0.39 is 0 Å². The van der Waals surface area contributed by atoms with Gasteiger partial charge in [0.05, 0.1) is 54.9 Å². The van der Waals surface area contributed by atoms with Crippen molar-refractivity contribution >= 4 is 88.7 Å². The molecule has 0 N–H and O–H groups in total. The largest absolute Gasteiger partial charge is 0.491 e. The lowest BCUT2D eigenvalue weighted by Crippen LogP contribution is -2.34. The van der Waals surface area contributed by atoms with Crippen molar-refractivity contribution in [3.8, 4) is 21.3 Å². The van der Waals surface area contributed by atoms with Crippen LogP contribution in [0.25, 0.3) is 41.3 Å². The molecule has 2 unspecified atom stereocenters. The van der Waals surface area contributed by atoms with Crippen molar-refractivity contribution < 1.29 is 19.1 Å². The summed E-state index contributed by atoms with van der Waals surface area (Å²) in [4.78, 5) is 41.3. The Balaban J connectivity index is 1.32. The van der Waals surface area contributed by atoms with E-state index in [2.05, 4.69) is 91.8 Å². The number of carbonyl (C=O) groups is 2. The quantitative estimate of drug-likeness (QED) is 0.0415. The van der Waals surface area contributed by atoms with Crippen LogP contribution in [0, 0.1) is 25.7 Å². The van der Waals surface area contributed by atoms with Gasteiger partial charge in [0.25, 0.3) is 11.8 Å². The maximum absolute atomic E-state index is 15.3. The Morgan fingerprint density at radius 1 is 0.471 bits per heavy atom. The lowest BCUT2D eigenvalue weighted by molar-refractivity contribution is -0.124. The molecule has 7 rings (SSSR count). The summed E-state index contributed by atoms with van der Waals surface area (Å²) in [7, 11) is 0. The minimum atomic E-state index is -0.0186. The maximum Gasteiger partial charge on any atom is 0.261 e. The summed E-state index contributed by atoms with van der Waals surface area (Å²) in [5.41, 5.74) is 2.83. The number of aryl methyl sites for hydroxylation is 2. The Morgan fingerprint density at radius 2 is 0.926 bits per heavy atom. The molecular weight excluding hydrogens is 917 g/mol. The highest BCUT2D eigenvalue weighted by Gasteiger charge is 2.50. The van der Waals surface area contributed by atoms with E-state index in [4.69, 9.17) is 9.47 Å². The highest BCUT2D eigenvalue weighted by Crippen LogP contribution is 2.54. The zero-order chi connectivity index (χ0) is 48.2. The highest BCUT2D eigenvalue weighted by molar-refractivity contribution is 7.27. The average Bonchev–Trinajstić information content (AvgIpc) is 4.21. The first kappa shape index (κ1) is 52.4. The minimum Gasteiger partial charge on any atom is -0.491 e. The number of hydrogen-bond acceptors (Lipinski definition) is 8. The smallest absolute Gasteiger partial charge is 0.261 e. The monoisotopic (exact) mass is 997 g/mol. The van der Waals surface area contributed by atoms with E-state index >= 15 is 9.59 Å². The minimum absolute atomic E-state index is 0.0186. The van der Waals surface area contributed by atoms with Crippen LogP contribution in [-0.2, 0) is 9.59 Å². The molecule has 10 heteroatoms. The zero-order valence-electron chi connectivity index (χ0n) is 42.7. The van der Waals surface area contributed by atoms with Crippen LogP contribution in [0.5, 0.6) is 11.5 Å². The second-order valence-electron chi connectivity index (χ2n) is 19.5. The number of thiophene rings is 4. The zero-order valence-corrected chi connectivity index (χ0v) is 46.0. The Hall–Kier alpha value is -3.44. The summed E-state index contributed by atoms with van der Waals surface area (Å²) >= 11 is 7.00. The van der Waals surface area contributed by atoms with Crippen LogP contribution in [0.1, 0.15) is 189 Å². The Kier molecular flexibility index (Phi) is 19.7. The molecule has 1 aromatic carbocycles. The lowest BCUT2D eigenvalue weighted by Gasteiger charge is -2.29. The Bertz CT molecular complexity index is 2440. The van der Waals surface area contributed by atoms with Crippen LogP contribution in [0.15, 0.2) is 47.5 Å². The first-order chi connectivity index (χ1) is 33.2. The molecule has 68 heavy (non-hydrogen) atoms. The topological polar surface area (TPSA) is 59.1 Å². The van der Waals surface area contributed by atoms with E-state index in [1.54, 1.807) is 34.0 Å². The molecule has 0 radical (unpaired) electrons. The molecule has 0 fully saturated rings. The third kappa shape index (κ3) is 12.0. The first-order valence-corrected chi connectivity index (χ1v) is 30.0. The molecule has 5 aromatic rings. The van der Waals surface area contributed by atoms with Crippen molar-refractivity contribution in [2.24, 2.45) is 11.8 Å². The third-order valence-corrected chi connectivity index (χ3v) is 18.7. The average molecular weight is 998 g/mol. The molecule has 0 saturated carbocycles. The van der Waals surface area contributed by atoms with Crippen LogP contribution in [0.2, 0.25) is 0 Å². The van der Waals surface area contributed by atoms with E-state index in [0.717, 1.165) is 122 Å². The summed E-state index contributed by atoms with van der Waals surface area (Å²) in [5, 5.41) is 2.28. The SMILES string of the molecule is CCCCCCCCOc1c2cc(-c3ccc(C4=C5C(=O)N(CC(CC)CCCC)C(c6ccc(C)s6)=C5C(=O)N4CC(CC)CCCC)s3)sc2c(OCCCCCCCC)c2cc(C)sc12. The molecule has 0 saturated heterocycles. The van der Waals surface area contributed by atoms with Crippen molar-refractivity contribution in [1.82, 2.24) is 9.80 Å². The first-order valence-electron chi connectivity index (χ1n) is 26.7. The van der Waals surface area contributed by atoms with Gasteiger partial charge in [0.15, 0.2) is 0 Å². The van der Waals surface area contributed by atoms with E-state index in [1.165, 1.54) is 78.7 Å². The molecule has 2 aliphatic heterocycles. The number of hydrogen-bond donors (Lipinski definition) is 0. The summed E-state index contributed by atoms with van der Waals surface area (Å²) < 4.78 is 16.0. The van der Waals surface area contributed by atoms with E-state index in [1.807, 2.05) is 21.1 Å². The molecule has 6 nitrogen and oxygen atoms in total. The predicted molar refractivity (Wildman–Crippen MR) is 296 cm³/mol. The number of nitrogens with zero attached hydrogens (tertiary/aromatic N) is 2. The molecule has 6 heterocycles. The van der Waals surface area contributed by atoms with Gasteiger partial charge in [-0.3, -0.25) is 9.59 Å². The van der Waals surface area contributed by atoms with Crippen LogP contribution in [0.3, 0.4) is 0 Å². The van der Waals surface area contributed by atoms with E-state index in [9.17, 15) is 0 Å². The fourth-order valence-electron chi connectivity index (χ4n) is 10.1. The molecule has 0 bridgehead atoms. The van der Waals surface area contributed by atoms with Gasteiger partial charge in [-0.2, -0.15) is 0 Å². The molecule has 0 spiro atoms. The summed E-state index contributed by atoms with van der Waals surface area (Å²) in [6, 6.07) is 13.3. The van der Waals surface area contributed by atoms with Gasteiger partial charge in [-0.05, 0) is 87.8 Å². The van der Waals surface area contributed by atoms with Gasteiger partial charge in [-0.25, -0.2) is 0 Å². The van der Waals surface area contributed by atoms with Crippen LogP contribution in [-0.4, -0.2) is 47.9 Å². The number of carbonyl (C=O) groups excluding carboxylic acids is 2. The second kappa shape index (κ2) is 25.6. The van der Waals surface area contributed by atoms with E-state index in [-0.39, 0.29) is 11.8 Å². The van der Waals surface area contributed by atoms with Crippen molar-refractivity contribution in [3.05, 3.63) is 67.1 Å². The molecule has 2 amide bonds. The molecule has 2 atom stereocenters. The molecule has 2 aliphatic rings. The molecule has 370 valence electrons. The predicted octanol–water partition coefficient (Wildman–Crippen LogP) is 18.2. The standard InChI is InChI=1S/C58H80N2O4S4/c1-9-15-19-21-23-25-33-63-53-43-35-40(8)66-55(43)54(64-34-26-24-22-20-16-10-2)44-36-48(68-56(44)53)45-31-32-47(67-45)52-50-49(57(61)60(52)38-42(14-6)28-18-12-4)51(46-30-29-39(7)65-46)59(58(50)62)37-41(13-5)27-17-11-3/h29-32,35-36,41-42H,9-28,33-34,37-38H2,1-8H3. The number of amides is 2. The normalized spacial score (nSPS) is 15.1. The van der Waals surface area contributed by atoms with Gasteiger partial charge in [-0.1, -0.05) is 144 Å². The van der Waals surface area contributed by atoms with Gasteiger partial charge in [0.1, 0.15) is 11.5 Å². The third-order valence-electron chi connectivity index (χ3n) is 14.2. The maximum atomic E-state index is 15.3. The van der Waals surface area contributed by atoms with Crippen molar-refractivity contribution in [3.63, 3.8) is 0 Å². The van der Waals surface area contributed by atoms with E-state index in [0.29, 0.717) is 49.3 Å². The molecule has 4 aromatic heterocycles. The Morgan fingerprint density at radius 3 is 1.43 bits per heavy atom.